The van der Waals surface area contributed by atoms with Crippen molar-refractivity contribution in [3.63, 3.8) is 0 Å². The molecule has 0 atom stereocenters. The molecule has 0 aliphatic carbocycles. The van der Waals surface area contributed by atoms with E-state index < -0.39 is 0 Å². The number of fused-ring (bicyclic) bond motifs is 1. The SMILES string of the molecule is CNCc1[nH]c2ncc(C#N)cc2c1CNC. The van der Waals surface area contributed by atoms with Gasteiger partial charge in [0.05, 0.1) is 5.56 Å². The number of hydrogen-bond acceptors (Lipinski definition) is 4. The third-order valence-electron chi connectivity index (χ3n) is 2.68. The largest absolute Gasteiger partial charge is 0.342 e. The Morgan fingerprint density at radius 2 is 2.12 bits per heavy atom. The number of H-pyrrole nitrogens is 1. The number of nitrogens with zero attached hydrogens (tertiary/aromatic N) is 2. The Labute approximate surface area is 99.9 Å². The zero-order chi connectivity index (χ0) is 12.3. The Hall–Kier alpha value is -1.90. The number of rotatable bonds is 4. The minimum atomic E-state index is 0.588. The number of aromatic nitrogens is 2. The second-order valence-corrected chi connectivity index (χ2v) is 3.87. The molecule has 0 aliphatic heterocycles. The quantitative estimate of drug-likeness (QED) is 0.727. The highest BCUT2D eigenvalue weighted by atomic mass is 14.9. The maximum atomic E-state index is 8.90. The zero-order valence-corrected chi connectivity index (χ0v) is 9.96. The number of aromatic amines is 1. The van der Waals surface area contributed by atoms with Gasteiger partial charge in [-0.1, -0.05) is 0 Å². The van der Waals surface area contributed by atoms with Gasteiger partial charge in [0.1, 0.15) is 11.7 Å². The van der Waals surface area contributed by atoms with Crippen LogP contribution in [0.2, 0.25) is 0 Å². The Bertz CT molecular complexity index is 564. The molecule has 0 amide bonds. The van der Waals surface area contributed by atoms with Crippen LogP contribution in [0.25, 0.3) is 11.0 Å². The molecule has 0 saturated carbocycles. The van der Waals surface area contributed by atoms with Crippen molar-refractivity contribution in [2.24, 2.45) is 0 Å². The van der Waals surface area contributed by atoms with Crippen LogP contribution in [0.1, 0.15) is 16.8 Å². The summed E-state index contributed by atoms with van der Waals surface area (Å²) in [4.78, 5) is 7.54. The third kappa shape index (κ3) is 2.13. The van der Waals surface area contributed by atoms with Crippen LogP contribution >= 0.6 is 0 Å². The summed E-state index contributed by atoms with van der Waals surface area (Å²) in [6.45, 7) is 1.52. The predicted octanol–water partition coefficient (Wildman–Crippen LogP) is 0.873. The maximum absolute atomic E-state index is 8.90. The van der Waals surface area contributed by atoms with E-state index >= 15 is 0 Å². The molecule has 0 spiro atoms. The Morgan fingerprint density at radius 1 is 1.35 bits per heavy atom. The lowest BCUT2D eigenvalue weighted by molar-refractivity contribution is 0.759. The van der Waals surface area contributed by atoms with Crippen molar-refractivity contribution in [3.05, 3.63) is 29.1 Å². The molecule has 0 unspecified atom stereocenters. The lowest BCUT2D eigenvalue weighted by atomic mass is 10.1. The van der Waals surface area contributed by atoms with Crippen LogP contribution in [0, 0.1) is 11.3 Å². The molecule has 2 heterocycles. The molecule has 0 fully saturated rings. The van der Waals surface area contributed by atoms with Gasteiger partial charge in [0.15, 0.2) is 0 Å². The topological polar surface area (TPSA) is 76.5 Å². The van der Waals surface area contributed by atoms with Gasteiger partial charge in [0, 0.05) is 30.4 Å². The van der Waals surface area contributed by atoms with E-state index in [1.54, 1.807) is 6.20 Å². The fourth-order valence-corrected chi connectivity index (χ4v) is 1.94. The van der Waals surface area contributed by atoms with E-state index in [1.807, 2.05) is 20.2 Å². The standard InChI is InChI=1S/C12H15N5/c1-14-6-10-9-3-8(4-13)5-16-12(9)17-11(10)7-15-2/h3,5,14-15H,6-7H2,1-2H3,(H,16,17). The van der Waals surface area contributed by atoms with E-state index in [2.05, 4.69) is 26.7 Å². The molecule has 3 N–H and O–H groups in total. The van der Waals surface area contributed by atoms with Gasteiger partial charge in [-0.25, -0.2) is 4.98 Å². The van der Waals surface area contributed by atoms with Crippen molar-refractivity contribution in [2.45, 2.75) is 13.1 Å². The van der Waals surface area contributed by atoms with Gasteiger partial charge >= 0.3 is 0 Å². The summed E-state index contributed by atoms with van der Waals surface area (Å²) in [7, 11) is 3.81. The molecule has 5 nitrogen and oxygen atoms in total. The summed E-state index contributed by atoms with van der Waals surface area (Å²) >= 11 is 0. The van der Waals surface area contributed by atoms with Crippen LogP contribution in [0.4, 0.5) is 0 Å². The Kier molecular flexibility index (Phi) is 3.38. The van der Waals surface area contributed by atoms with Crippen molar-refractivity contribution >= 4 is 11.0 Å². The molecule has 0 bridgehead atoms. The average molecular weight is 229 g/mol. The summed E-state index contributed by atoms with van der Waals surface area (Å²) < 4.78 is 0. The lowest BCUT2D eigenvalue weighted by Crippen LogP contribution is -2.11. The summed E-state index contributed by atoms with van der Waals surface area (Å²) in [6, 6.07) is 4.00. The van der Waals surface area contributed by atoms with Gasteiger partial charge in [-0.05, 0) is 25.7 Å². The van der Waals surface area contributed by atoms with Crippen molar-refractivity contribution in [1.82, 2.24) is 20.6 Å². The minimum Gasteiger partial charge on any atom is -0.342 e. The molecule has 0 radical (unpaired) electrons. The van der Waals surface area contributed by atoms with Crippen LogP contribution in [-0.4, -0.2) is 24.1 Å². The Morgan fingerprint density at radius 3 is 2.76 bits per heavy atom. The Balaban J connectivity index is 2.60. The van der Waals surface area contributed by atoms with Crippen LogP contribution in [0.3, 0.4) is 0 Å². The summed E-state index contributed by atoms with van der Waals surface area (Å²) in [5.41, 5.74) is 3.70. The molecule has 0 saturated heterocycles. The first-order chi connectivity index (χ1) is 8.30. The molecule has 2 aromatic heterocycles. The van der Waals surface area contributed by atoms with Gasteiger partial charge < -0.3 is 15.6 Å². The molecule has 2 rings (SSSR count). The summed E-state index contributed by atoms with van der Waals surface area (Å²) in [5, 5.41) is 16.2. The fraction of sp³-hybridized carbons (Fsp3) is 0.333. The van der Waals surface area contributed by atoms with E-state index in [1.165, 1.54) is 5.56 Å². The lowest BCUT2D eigenvalue weighted by Gasteiger charge is -2.03. The normalized spacial score (nSPS) is 10.6. The first-order valence-electron chi connectivity index (χ1n) is 5.49. The van der Waals surface area contributed by atoms with Gasteiger partial charge in [0.25, 0.3) is 0 Å². The molecular weight excluding hydrogens is 214 g/mol. The summed E-state index contributed by atoms with van der Waals surface area (Å²) in [6.07, 6.45) is 1.59. The van der Waals surface area contributed by atoms with E-state index in [0.717, 1.165) is 29.8 Å². The van der Waals surface area contributed by atoms with E-state index in [9.17, 15) is 0 Å². The van der Waals surface area contributed by atoms with Crippen molar-refractivity contribution in [3.8, 4) is 6.07 Å². The van der Waals surface area contributed by atoms with E-state index in [0.29, 0.717) is 5.56 Å². The number of nitriles is 1. The number of nitrogens with one attached hydrogen (secondary N) is 3. The van der Waals surface area contributed by atoms with Gasteiger partial charge in [-0.15, -0.1) is 0 Å². The first-order valence-corrected chi connectivity index (χ1v) is 5.49. The monoisotopic (exact) mass is 229 g/mol. The summed E-state index contributed by atoms with van der Waals surface area (Å²) in [5.74, 6) is 0. The van der Waals surface area contributed by atoms with Crippen LogP contribution in [-0.2, 0) is 13.1 Å². The van der Waals surface area contributed by atoms with Crippen molar-refractivity contribution in [1.29, 1.82) is 5.26 Å². The molecule has 0 aromatic carbocycles. The zero-order valence-electron chi connectivity index (χ0n) is 9.96. The highest BCUT2D eigenvalue weighted by Crippen LogP contribution is 2.21. The van der Waals surface area contributed by atoms with E-state index in [-0.39, 0.29) is 0 Å². The van der Waals surface area contributed by atoms with Gasteiger partial charge in [-0.2, -0.15) is 5.26 Å². The smallest absolute Gasteiger partial charge is 0.137 e. The van der Waals surface area contributed by atoms with Gasteiger partial charge in [0.2, 0.25) is 0 Å². The highest BCUT2D eigenvalue weighted by Gasteiger charge is 2.11. The number of pyridine rings is 1. The van der Waals surface area contributed by atoms with E-state index in [4.69, 9.17) is 5.26 Å². The van der Waals surface area contributed by atoms with Crippen LogP contribution < -0.4 is 10.6 Å². The predicted molar refractivity (Wildman–Crippen MR) is 66.3 cm³/mol. The molecule has 5 heteroatoms. The molecular formula is C12H15N5. The maximum Gasteiger partial charge on any atom is 0.137 e. The molecule has 0 aliphatic rings. The van der Waals surface area contributed by atoms with Crippen LogP contribution in [0.15, 0.2) is 12.3 Å². The molecule has 2 aromatic rings. The highest BCUT2D eigenvalue weighted by molar-refractivity contribution is 5.82. The first kappa shape index (κ1) is 11.6. The van der Waals surface area contributed by atoms with Crippen molar-refractivity contribution in [2.75, 3.05) is 14.1 Å². The fourth-order valence-electron chi connectivity index (χ4n) is 1.94. The third-order valence-corrected chi connectivity index (χ3v) is 2.68. The second-order valence-electron chi connectivity index (χ2n) is 3.87. The molecule has 17 heavy (non-hydrogen) atoms. The number of hydrogen-bond donors (Lipinski definition) is 3. The van der Waals surface area contributed by atoms with Crippen LogP contribution in [0.5, 0.6) is 0 Å². The molecule has 88 valence electrons. The average Bonchev–Trinajstić information content (AvgIpc) is 2.68. The van der Waals surface area contributed by atoms with Gasteiger partial charge in [-0.3, -0.25) is 0 Å². The second kappa shape index (κ2) is 4.95. The minimum absolute atomic E-state index is 0.588. The van der Waals surface area contributed by atoms with Crippen molar-refractivity contribution < 1.29 is 0 Å².